The average molecular weight is 491 g/mol. The molecule has 0 aromatic heterocycles. The number of hydrogen-bond acceptors (Lipinski definition) is 5. The molecule has 1 aliphatic heterocycles. The summed E-state index contributed by atoms with van der Waals surface area (Å²) < 4.78 is 33.2. The maximum Gasteiger partial charge on any atom is 0.338 e. The van der Waals surface area contributed by atoms with Crippen LogP contribution in [0.4, 0.5) is 11.4 Å². The van der Waals surface area contributed by atoms with E-state index in [1.165, 1.54) is 12.1 Å². The maximum absolute atomic E-state index is 13.4. The van der Waals surface area contributed by atoms with Crippen LogP contribution in [-0.4, -0.2) is 32.9 Å². The van der Waals surface area contributed by atoms with Crippen LogP contribution in [-0.2, 0) is 32.4 Å². The van der Waals surface area contributed by atoms with Crippen LogP contribution in [0.25, 0.3) is 0 Å². The minimum Gasteiger partial charge on any atom is -0.452 e. The molecule has 1 aliphatic carbocycles. The third-order valence-electron chi connectivity index (χ3n) is 6.34. The van der Waals surface area contributed by atoms with E-state index in [9.17, 15) is 18.0 Å². The lowest BCUT2D eigenvalue weighted by atomic mass is 10.0. The molecule has 0 radical (unpaired) electrons. The Morgan fingerprint density at radius 3 is 2.14 bits per heavy atom. The molecular weight excluding hydrogens is 464 g/mol. The molecule has 35 heavy (non-hydrogen) atoms. The number of fused-ring (bicyclic) bond motifs is 2. The predicted molar refractivity (Wildman–Crippen MR) is 132 cm³/mol. The number of carbonyl (C=O) groups excluding carboxylic acids is 2. The molecule has 0 atom stereocenters. The summed E-state index contributed by atoms with van der Waals surface area (Å²) in [6, 6.07) is 19.7. The molecule has 1 amide bonds. The molecule has 1 N–H and O–H groups in total. The highest BCUT2D eigenvalue weighted by molar-refractivity contribution is 7.89. The van der Waals surface area contributed by atoms with Gasteiger partial charge in [0, 0.05) is 6.04 Å². The van der Waals surface area contributed by atoms with Crippen molar-refractivity contribution in [1.82, 2.24) is 4.72 Å². The van der Waals surface area contributed by atoms with Crippen molar-refractivity contribution in [1.29, 1.82) is 0 Å². The first-order chi connectivity index (χ1) is 16.8. The summed E-state index contributed by atoms with van der Waals surface area (Å²) in [4.78, 5) is 27.9. The first-order valence-corrected chi connectivity index (χ1v) is 13.1. The molecule has 0 saturated heterocycles. The second-order valence-electron chi connectivity index (χ2n) is 8.93. The highest BCUT2D eigenvalue weighted by Crippen LogP contribution is 2.36. The van der Waals surface area contributed by atoms with E-state index in [0.29, 0.717) is 5.56 Å². The summed E-state index contributed by atoms with van der Waals surface area (Å²) in [6.45, 7) is 1.22. The molecule has 8 heteroatoms. The minimum atomic E-state index is -3.72. The van der Waals surface area contributed by atoms with Crippen LogP contribution < -0.4 is 9.62 Å². The van der Waals surface area contributed by atoms with Gasteiger partial charge in [0.15, 0.2) is 6.61 Å². The molecule has 2 aliphatic rings. The Balaban J connectivity index is 1.38. The zero-order valence-electron chi connectivity index (χ0n) is 19.4. The average Bonchev–Trinajstić information content (AvgIpc) is 3.67. The molecule has 0 unspecified atom stereocenters. The van der Waals surface area contributed by atoms with Gasteiger partial charge in [0.25, 0.3) is 5.91 Å². The molecule has 0 spiro atoms. The van der Waals surface area contributed by atoms with Gasteiger partial charge in [0.1, 0.15) is 0 Å². The summed E-state index contributed by atoms with van der Waals surface area (Å²) in [5, 5.41) is 0. The molecule has 3 aromatic carbocycles. The summed E-state index contributed by atoms with van der Waals surface area (Å²) >= 11 is 0. The van der Waals surface area contributed by atoms with Gasteiger partial charge in [0.05, 0.1) is 21.8 Å². The third-order valence-corrected chi connectivity index (χ3v) is 7.86. The lowest BCUT2D eigenvalue weighted by Crippen LogP contribution is -2.31. The van der Waals surface area contributed by atoms with Crippen LogP contribution in [0, 0.1) is 6.92 Å². The van der Waals surface area contributed by atoms with E-state index >= 15 is 0 Å². The fourth-order valence-electron chi connectivity index (χ4n) is 4.29. The summed E-state index contributed by atoms with van der Waals surface area (Å²) in [5.74, 6) is -1.12. The fraction of sp³-hybridized carbons (Fsp3) is 0.259. The van der Waals surface area contributed by atoms with Crippen LogP contribution in [0.15, 0.2) is 71.6 Å². The summed E-state index contributed by atoms with van der Waals surface area (Å²) in [6.07, 6.45) is 3.22. The highest BCUT2D eigenvalue weighted by atomic mass is 32.2. The van der Waals surface area contributed by atoms with Crippen LogP contribution in [0.2, 0.25) is 0 Å². The lowest BCUT2D eigenvalue weighted by molar-refractivity contribution is -0.120. The van der Waals surface area contributed by atoms with Crippen molar-refractivity contribution in [3.63, 3.8) is 0 Å². The van der Waals surface area contributed by atoms with Crippen molar-refractivity contribution in [2.75, 3.05) is 11.5 Å². The number of nitrogens with one attached hydrogen (secondary N) is 1. The maximum atomic E-state index is 13.4. The van der Waals surface area contributed by atoms with Crippen molar-refractivity contribution < 1.29 is 22.7 Å². The standard InChI is InChI=1S/C27H26N2O5S/c1-18-10-15-22(35(32,33)28-21-13-14-21)16-23(18)27(31)34-17-26(30)29-24-8-4-2-6-19(24)11-12-20-7-3-5-9-25(20)29/h2-10,15-16,21,28H,11-14,17H2,1H3. The number of nitrogens with zero attached hydrogens (tertiary/aromatic N) is 1. The van der Waals surface area contributed by atoms with Gasteiger partial charge in [-0.15, -0.1) is 0 Å². The Hall–Kier alpha value is -3.49. The van der Waals surface area contributed by atoms with Crippen LogP contribution in [0.3, 0.4) is 0 Å². The molecular formula is C27H26N2O5S. The fourth-order valence-corrected chi connectivity index (χ4v) is 5.63. The van der Waals surface area contributed by atoms with Gasteiger partial charge in [-0.2, -0.15) is 0 Å². The molecule has 7 nitrogen and oxygen atoms in total. The molecule has 3 aromatic rings. The van der Waals surface area contributed by atoms with E-state index in [4.69, 9.17) is 4.74 Å². The Labute approximate surface area is 204 Å². The smallest absolute Gasteiger partial charge is 0.338 e. The number of rotatable bonds is 6. The van der Waals surface area contributed by atoms with E-state index < -0.39 is 22.6 Å². The quantitative estimate of drug-likeness (QED) is 0.526. The SMILES string of the molecule is Cc1ccc(S(=O)(=O)NC2CC2)cc1C(=O)OCC(=O)N1c2ccccc2CCc2ccccc21. The minimum absolute atomic E-state index is 0.00338. The largest absolute Gasteiger partial charge is 0.452 e. The van der Waals surface area contributed by atoms with Crippen molar-refractivity contribution in [2.24, 2.45) is 0 Å². The van der Waals surface area contributed by atoms with Crippen LogP contribution in [0.5, 0.6) is 0 Å². The molecule has 1 fully saturated rings. The Bertz CT molecular complexity index is 1370. The molecule has 0 bridgehead atoms. The monoisotopic (exact) mass is 490 g/mol. The van der Waals surface area contributed by atoms with E-state index in [-0.39, 0.29) is 22.4 Å². The topological polar surface area (TPSA) is 92.8 Å². The van der Waals surface area contributed by atoms with Gasteiger partial charge in [-0.3, -0.25) is 9.69 Å². The van der Waals surface area contributed by atoms with E-state index in [0.717, 1.165) is 48.2 Å². The van der Waals surface area contributed by atoms with Gasteiger partial charge in [0.2, 0.25) is 10.0 Å². The van der Waals surface area contributed by atoms with Crippen molar-refractivity contribution in [3.8, 4) is 0 Å². The molecule has 180 valence electrons. The van der Waals surface area contributed by atoms with Crippen LogP contribution in [0.1, 0.15) is 39.9 Å². The first-order valence-electron chi connectivity index (χ1n) is 11.6. The number of anilines is 2. The third kappa shape index (κ3) is 4.85. The summed E-state index contributed by atoms with van der Waals surface area (Å²) in [5.41, 5.74) is 4.31. The van der Waals surface area contributed by atoms with Crippen molar-refractivity contribution in [2.45, 2.75) is 43.5 Å². The lowest BCUT2D eigenvalue weighted by Gasteiger charge is -2.25. The van der Waals surface area contributed by atoms with E-state index in [2.05, 4.69) is 4.72 Å². The van der Waals surface area contributed by atoms with Gasteiger partial charge in [-0.1, -0.05) is 42.5 Å². The Morgan fingerprint density at radius 2 is 1.54 bits per heavy atom. The number of ether oxygens (including phenoxy) is 1. The number of esters is 1. The second kappa shape index (κ2) is 9.28. The molecule has 1 saturated carbocycles. The molecule has 1 heterocycles. The predicted octanol–water partition coefficient (Wildman–Crippen LogP) is 4.06. The number of benzene rings is 3. The van der Waals surface area contributed by atoms with E-state index in [1.807, 2.05) is 48.5 Å². The number of carbonyl (C=O) groups is 2. The van der Waals surface area contributed by atoms with Crippen LogP contribution >= 0.6 is 0 Å². The zero-order valence-corrected chi connectivity index (χ0v) is 20.2. The number of para-hydroxylation sites is 2. The Kier molecular flexibility index (Phi) is 6.17. The first kappa shape index (κ1) is 23.3. The normalized spacial score (nSPS) is 15.1. The number of aryl methyl sites for hydroxylation is 3. The zero-order chi connectivity index (χ0) is 24.6. The van der Waals surface area contributed by atoms with Gasteiger partial charge in [-0.05, 0) is 73.6 Å². The van der Waals surface area contributed by atoms with Gasteiger partial charge >= 0.3 is 5.97 Å². The van der Waals surface area contributed by atoms with Crippen molar-refractivity contribution >= 4 is 33.3 Å². The van der Waals surface area contributed by atoms with Crippen molar-refractivity contribution in [3.05, 3.63) is 89.0 Å². The number of amides is 1. The van der Waals surface area contributed by atoms with Gasteiger partial charge in [-0.25, -0.2) is 17.9 Å². The number of hydrogen-bond donors (Lipinski definition) is 1. The summed E-state index contributed by atoms with van der Waals surface area (Å²) in [7, 11) is -3.72. The van der Waals surface area contributed by atoms with E-state index in [1.54, 1.807) is 17.9 Å². The Morgan fingerprint density at radius 1 is 0.943 bits per heavy atom. The molecule has 5 rings (SSSR count). The number of sulfonamides is 1. The second-order valence-corrected chi connectivity index (χ2v) is 10.6. The highest BCUT2D eigenvalue weighted by Gasteiger charge is 2.29. The van der Waals surface area contributed by atoms with Gasteiger partial charge < -0.3 is 4.74 Å².